The molecule has 0 spiro atoms. The highest BCUT2D eigenvalue weighted by Gasteiger charge is 2.37. The van der Waals surface area contributed by atoms with E-state index in [2.05, 4.69) is 14.4 Å². The number of hydrogen-bond donors (Lipinski definition) is 1. The van der Waals surface area contributed by atoms with Gasteiger partial charge in [-0.1, -0.05) is 5.16 Å². The maximum absolute atomic E-state index is 12.8. The van der Waals surface area contributed by atoms with E-state index < -0.39 is 22.0 Å². The van der Waals surface area contributed by atoms with E-state index in [4.69, 9.17) is 4.74 Å². The summed E-state index contributed by atoms with van der Waals surface area (Å²) in [5.41, 5.74) is -0.0248. The molecule has 1 N–H and O–H groups in total. The highest BCUT2D eigenvalue weighted by molar-refractivity contribution is 7.89. The molecule has 1 saturated heterocycles. The molecule has 26 heavy (non-hydrogen) atoms. The van der Waals surface area contributed by atoms with Crippen LogP contribution in [0.3, 0.4) is 0 Å². The maximum atomic E-state index is 12.8. The predicted molar refractivity (Wildman–Crippen MR) is 88.5 cm³/mol. The van der Waals surface area contributed by atoms with Crippen molar-refractivity contribution in [3.63, 3.8) is 0 Å². The number of hydrogen-bond acceptors (Lipinski definition) is 6. The second-order valence-electron chi connectivity index (χ2n) is 5.98. The maximum Gasteiger partial charge on any atom is 0.452 e. The summed E-state index contributed by atoms with van der Waals surface area (Å²) >= 11 is 1.18. The summed E-state index contributed by atoms with van der Waals surface area (Å²) in [6.45, 7) is 3.94. The van der Waals surface area contributed by atoms with Gasteiger partial charge in [0.25, 0.3) is 0 Å². The first-order valence-electron chi connectivity index (χ1n) is 7.85. The van der Waals surface area contributed by atoms with Crippen molar-refractivity contribution in [3.05, 3.63) is 21.6 Å². The van der Waals surface area contributed by atoms with E-state index in [1.807, 2.05) is 0 Å². The largest absolute Gasteiger partial charge is 0.452 e. The van der Waals surface area contributed by atoms with Gasteiger partial charge in [-0.05, 0) is 26.7 Å². The Hall–Kier alpha value is -1.43. The summed E-state index contributed by atoms with van der Waals surface area (Å²) in [6, 6.07) is 0.716. The highest BCUT2D eigenvalue weighted by atomic mass is 32.2. The smallest absolute Gasteiger partial charge is 0.377 e. The van der Waals surface area contributed by atoms with Gasteiger partial charge >= 0.3 is 6.18 Å². The minimum atomic E-state index is -4.69. The standard InChI is InChI=1S/C15H17F3N2O4S2/c1-8-13(11-6-12(24-20-11)15(16,17)18)14(9(2)25-8)26(21,22)19-7-10-4-3-5-23-10/h6,10,19H,3-5,7H2,1-2H3/t10-/m0/s1. The number of thiophene rings is 1. The molecule has 0 saturated carbocycles. The van der Waals surface area contributed by atoms with Crippen LogP contribution in [0.5, 0.6) is 0 Å². The molecular formula is C15H17F3N2O4S2. The van der Waals surface area contributed by atoms with Crippen LogP contribution in [0.4, 0.5) is 13.2 Å². The fourth-order valence-corrected chi connectivity index (χ4v) is 5.83. The van der Waals surface area contributed by atoms with Crippen molar-refractivity contribution in [1.29, 1.82) is 0 Å². The molecule has 0 unspecified atom stereocenters. The zero-order chi connectivity index (χ0) is 19.1. The minimum Gasteiger partial charge on any atom is -0.377 e. The molecule has 3 rings (SSSR count). The number of aromatic nitrogens is 1. The molecular weight excluding hydrogens is 393 g/mol. The van der Waals surface area contributed by atoms with Crippen LogP contribution in [-0.4, -0.2) is 32.8 Å². The number of rotatable bonds is 5. The van der Waals surface area contributed by atoms with Crippen molar-refractivity contribution in [3.8, 4) is 11.3 Å². The Labute approximate surface area is 152 Å². The molecule has 0 aliphatic carbocycles. The summed E-state index contributed by atoms with van der Waals surface area (Å²) in [7, 11) is -3.95. The zero-order valence-corrected chi connectivity index (χ0v) is 15.6. The van der Waals surface area contributed by atoms with Gasteiger partial charge < -0.3 is 9.26 Å². The van der Waals surface area contributed by atoms with Crippen LogP contribution in [0, 0.1) is 13.8 Å². The highest BCUT2D eigenvalue weighted by Crippen LogP contribution is 2.40. The van der Waals surface area contributed by atoms with Gasteiger partial charge in [-0.25, -0.2) is 13.1 Å². The average molecular weight is 410 g/mol. The number of ether oxygens (including phenoxy) is 1. The van der Waals surface area contributed by atoms with Gasteiger partial charge in [0.2, 0.25) is 15.8 Å². The second kappa shape index (κ2) is 6.95. The van der Waals surface area contributed by atoms with Crippen LogP contribution < -0.4 is 4.72 Å². The van der Waals surface area contributed by atoms with Crippen molar-refractivity contribution in [2.45, 2.75) is 43.9 Å². The Morgan fingerprint density at radius 1 is 1.35 bits per heavy atom. The normalized spacial score (nSPS) is 18.6. The molecule has 144 valence electrons. The summed E-state index contributed by atoms with van der Waals surface area (Å²) in [5, 5.41) is 3.43. The monoisotopic (exact) mass is 410 g/mol. The van der Waals surface area contributed by atoms with Gasteiger partial charge in [0.15, 0.2) is 0 Å². The number of sulfonamides is 1. The second-order valence-corrected chi connectivity index (χ2v) is 9.11. The molecule has 0 radical (unpaired) electrons. The molecule has 1 fully saturated rings. The molecule has 1 aliphatic heterocycles. The molecule has 0 aromatic carbocycles. The Morgan fingerprint density at radius 2 is 2.08 bits per heavy atom. The Bertz CT molecular complexity index is 897. The first kappa shape index (κ1) is 19.3. The lowest BCUT2D eigenvalue weighted by molar-refractivity contribution is -0.155. The zero-order valence-electron chi connectivity index (χ0n) is 14.0. The van der Waals surface area contributed by atoms with E-state index in [0.29, 0.717) is 22.4 Å². The fourth-order valence-electron chi connectivity index (χ4n) is 2.89. The molecule has 3 heterocycles. The predicted octanol–water partition coefficient (Wildman–Crippen LogP) is 3.50. The van der Waals surface area contributed by atoms with Crippen LogP contribution in [0.15, 0.2) is 15.5 Å². The third-order valence-electron chi connectivity index (χ3n) is 4.04. The SMILES string of the molecule is Cc1sc(C)c(S(=O)(=O)NC[C@@H]2CCCO2)c1-c1cc(C(F)(F)F)on1. The van der Waals surface area contributed by atoms with E-state index in [1.165, 1.54) is 11.3 Å². The van der Waals surface area contributed by atoms with E-state index in [1.54, 1.807) is 13.8 Å². The van der Waals surface area contributed by atoms with Crippen molar-refractivity contribution in [2.75, 3.05) is 13.2 Å². The summed E-state index contributed by atoms with van der Waals surface area (Å²) < 4.78 is 76.1. The van der Waals surface area contributed by atoms with Crippen molar-refractivity contribution < 1.29 is 30.8 Å². The number of alkyl halides is 3. The molecule has 6 nitrogen and oxygen atoms in total. The first-order valence-corrected chi connectivity index (χ1v) is 10.1. The molecule has 0 amide bonds. The molecule has 2 aromatic rings. The lowest BCUT2D eigenvalue weighted by Gasteiger charge is -2.12. The molecule has 11 heteroatoms. The van der Waals surface area contributed by atoms with Gasteiger partial charge in [-0.15, -0.1) is 11.3 Å². The summed E-state index contributed by atoms with van der Waals surface area (Å²) in [6.07, 6.45) is -3.26. The topological polar surface area (TPSA) is 81.4 Å². The third kappa shape index (κ3) is 3.80. The Kier molecular flexibility index (Phi) is 5.17. The van der Waals surface area contributed by atoms with Crippen LogP contribution in [-0.2, 0) is 20.9 Å². The molecule has 1 aliphatic rings. The number of nitrogens with one attached hydrogen (secondary N) is 1. The number of nitrogens with zero attached hydrogens (tertiary/aromatic N) is 1. The van der Waals surface area contributed by atoms with Gasteiger partial charge in [-0.3, -0.25) is 0 Å². The van der Waals surface area contributed by atoms with Crippen LogP contribution >= 0.6 is 11.3 Å². The van der Waals surface area contributed by atoms with E-state index in [0.717, 1.165) is 12.8 Å². The van der Waals surface area contributed by atoms with E-state index >= 15 is 0 Å². The summed E-state index contributed by atoms with van der Waals surface area (Å²) in [5.74, 6) is -1.27. The Morgan fingerprint density at radius 3 is 2.65 bits per heavy atom. The van der Waals surface area contributed by atoms with Crippen LogP contribution in [0.2, 0.25) is 0 Å². The van der Waals surface area contributed by atoms with E-state index in [9.17, 15) is 21.6 Å². The average Bonchev–Trinajstić information content (AvgIpc) is 3.23. The fraction of sp³-hybridized carbons (Fsp3) is 0.533. The van der Waals surface area contributed by atoms with Crippen LogP contribution in [0.25, 0.3) is 11.3 Å². The van der Waals surface area contributed by atoms with Crippen LogP contribution in [0.1, 0.15) is 28.4 Å². The van der Waals surface area contributed by atoms with Crippen molar-refractivity contribution >= 4 is 21.4 Å². The number of halogens is 3. The van der Waals surface area contributed by atoms with Gasteiger partial charge in [-0.2, -0.15) is 13.2 Å². The van der Waals surface area contributed by atoms with Gasteiger partial charge in [0.1, 0.15) is 10.6 Å². The van der Waals surface area contributed by atoms with Crippen molar-refractivity contribution in [2.24, 2.45) is 0 Å². The third-order valence-corrected chi connectivity index (χ3v) is 6.79. The van der Waals surface area contributed by atoms with Gasteiger partial charge in [0, 0.05) is 34.5 Å². The van der Waals surface area contributed by atoms with E-state index in [-0.39, 0.29) is 28.8 Å². The Balaban J connectivity index is 1.96. The van der Waals surface area contributed by atoms with Crippen molar-refractivity contribution in [1.82, 2.24) is 9.88 Å². The number of aryl methyl sites for hydroxylation is 2. The quantitative estimate of drug-likeness (QED) is 0.816. The molecule has 2 aromatic heterocycles. The minimum absolute atomic E-state index is 0.0694. The van der Waals surface area contributed by atoms with Gasteiger partial charge in [0.05, 0.1) is 6.10 Å². The first-order chi connectivity index (χ1) is 12.1. The summed E-state index contributed by atoms with van der Waals surface area (Å²) in [4.78, 5) is 0.941. The lowest BCUT2D eigenvalue weighted by atomic mass is 10.1. The molecule has 0 bridgehead atoms. The lowest BCUT2D eigenvalue weighted by Crippen LogP contribution is -2.32. The molecule has 1 atom stereocenters.